The Balaban J connectivity index is 2.33. The van der Waals surface area contributed by atoms with Gasteiger partial charge < -0.3 is 21.1 Å². The quantitative estimate of drug-likeness (QED) is 0.832. The second kappa shape index (κ2) is 6.33. The van der Waals surface area contributed by atoms with Crippen molar-refractivity contribution in [3.63, 3.8) is 0 Å². The number of methoxy groups -OCH3 is 1. The molecule has 0 aliphatic carbocycles. The number of halogens is 1. The summed E-state index contributed by atoms with van der Waals surface area (Å²) in [6.45, 7) is 2.36. The molecule has 1 aliphatic rings. The zero-order valence-electron chi connectivity index (χ0n) is 11.6. The number of rotatable bonds is 4. The number of anilines is 2. The summed E-state index contributed by atoms with van der Waals surface area (Å²) in [6.07, 6.45) is 2.15. The number of ether oxygens (including phenoxy) is 1. The number of primary amides is 1. The zero-order valence-corrected chi connectivity index (χ0v) is 12.3. The highest BCUT2D eigenvalue weighted by atomic mass is 35.5. The Labute approximate surface area is 123 Å². The number of nitrogens with zero attached hydrogens (tertiary/aromatic N) is 1. The van der Waals surface area contributed by atoms with Crippen LogP contribution in [0.25, 0.3) is 0 Å². The van der Waals surface area contributed by atoms with Crippen molar-refractivity contribution in [3.8, 4) is 0 Å². The topological polar surface area (TPSA) is 81.6 Å². The number of nitrogens with two attached hydrogens (primary N) is 2. The lowest BCUT2D eigenvalue weighted by atomic mass is 9.97. The Hall–Kier alpha value is -1.46. The molecule has 0 saturated carbocycles. The fraction of sp³-hybridized carbons (Fsp3) is 0.500. The molecule has 4 N–H and O–H groups in total. The van der Waals surface area contributed by atoms with E-state index >= 15 is 0 Å². The molecule has 1 unspecified atom stereocenters. The first-order chi connectivity index (χ1) is 9.52. The molecule has 1 fully saturated rings. The molecule has 20 heavy (non-hydrogen) atoms. The van der Waals surface area contributed by atoms with E-state index in [0.29, 0.717) is 34.5 Å². The van der Waals surface area contributed by atoms with Crippen LogP contribution in [0.3, 0.4) is 0 Å². The maximum atomic E-state index is 11.6. The predicted molar refractivity (Wildman–Crippen MR) is 81.2 cm³/mol. The smallest absolute Gasteiger partial charge is 0.250 e. The molecule has 110 valence electrons. The van der Waals surface area contributed by atoms with Crippen molar-refractivity contribution in [2.45, 2.75) is 12.8 Å². The second-order valence-electron chi connectivity index (χ2n) is 5.17. The molecular formula is C14H20ClN3O2. The van der Waals surface area contributed by atoms with Crippen molar-refractivity contribution in [1.29, 1.82) is 0 Å². The van der Waals surface area contributed by atoms with Crippen LogP contribution in [0.1, 0.15) is 23.2 Å². The summed E-state index contributed by atoms with van der Waals surface area (Å²) in [7, 11) is 1.70. The van der Waals surface area contributed by atoms with E-state index in [-0.39, 0.29) is 0 Å². The van der Waals surface area contributed by atoms with Gasteiger partial charge in [-0.3, -0.25) is 4.79 Å². The summed E-state index contributed by atoms with van der Waals surface area (Å²) in [5, 5.41) is 0.469. The summed E-state index contributed by atoms with van der Waals surface area (Å²) in [4.78, 5) is 13.7. The Bertz CT molecular complexity index is 505. The fourth-order valence-corrected chi connectivity index (χ4v) is 3.12. The molecule has 1 aliphatic heterocycles. The molecule has 1 aromatic rings. The third-order valence-electron chi connectivity index (χ3n) is 3.59. The van der Waals surface area contributed by atoms with Gasteiger partial charge in [-0.05, 0) is 30.9 Å². The van der Waals surface area contributed by atoms with Crippen LogP contribution in [0.2, 0.25) is 5.02 Å². The van der Waals surface area contributed by atoms with Crippen LogP contribution in [-0.4, -0.2) is 32.7 Å². The molecule has 5 nitrogen and oxygen atoms in total. The van der Waals surface area contributed by atoms with Gasteiger partial charge in [-0.25, -0.2) is 0 Å². The van der Waals surface area contributed by atoms with Gasteiger partial charge in [0.15, 0.2) is 0 Å². The van der Waals surface area contributed by atoms with Gasteiger partial charge in [0.05, 0.1) is 22.9 Å². The van der Waals surface area contributed by atoms with Crippen molar-refractivity contribution in [3.05, 3.63) is 22.7 Å². The summed E-state index contributed by atoms with van der Waals surface area (Å²) in [5.74, 6) is -0.0776. The van der Waals surface area contributed by atoms with E-state index in [2.05, 4.69) is 4.90 Å². The van der Waals surface area contributed by atoms with Crippen molar-refractivity contribution in [2.24, 2.45) is 11.7 Å². The standard InChI is InChI=1S/C14H20ClN3O2/c1-20-8-9-3-2-4-18(7-9)13-11(14(17)19)5-10(16)6-12(13)15/h5-6,9H,2-4,7-8,16H2,1H3,(H2,17,19). The van der Waals surface area contributed by atoms with E-state index in [4.69, 9.17) is 27.8 Å². The fourth-order valence-electron chi connectivity index (χ4n) is 2.77. The minimum atomic E-state index is -0.511. The molecule has 1 atom stereocenters. The molecule has 2 rings (SSSR count). The monoisotopic (exact) mass is 297 g/mol. The summed E-state index contributed by atoms with van der Waals surface area (Å²) in [6, 6.07) is 3.24. The normalized spacial score (nSPS) is 19.1. The molecule has 0 aromatic heterocycles. The third kappa shape index (κ3) is 3.16. The average molecular weight is 298 g/mol. The molecule has 1 amide bonds. The minimum absolute atomic E-state index is 0.382. The minimum Gasteiger partial charge on any atom is -0.399 e. The van der Waals surface area contributed by atoms with Crippen LogP contribution in [0.5, 0.6) is 0 Å². The molecular weight excluding hydrogens is 278 g/mol. The van der Waals surface area contributed by atoms with Crippen molar-refractivity contribution >= 4 is 28.9 Å². The lowest BCUT2D eigenvalue weighted by molar-refractivity contribution is 0.100. The van der Waals surface area contributed by atoms with E-state index in [9.17, 15) is 4.79 Å². The Morgan fingerprint density at radius 3 is 2.95 bits per heavy atom. The summed E-state index contributed by atoms with van der Waals surface area (Å²) < 4.78 is 5.22. The predicted octanol–water partition coefficient (Wildman–Crippen LogP) is 1.88. The third-order valence-corrected chi connectivity index (χ3v) is 3.88. The lowest BCUT2D eigenvalue weighted by Gasteiger charge is -2.35. The SMILES string of the molecule is COCC1CCCN(c2c(Cl)cc(N)cc2C(N)=O)C1. The van der Waals surface area contributed by atoms with Gasteiger partial charge in [0.1, 0.15) is 0 Å². The van der Waals surface area contributed by atoms with Crippen LogP contribution < -0.4 is 16.4 Å². The average Bonchev–Trinajstić information content (AvgIpc) is 2.38. The number of nitrogen functional groups attached to an aromatic ring is 1. The van der Waals surface area contributed by atoms with Gasteiger partial charge in [-0.1, -0.05) is 11.6 Å². The molecule has 6 heteroatoms. The largest absolute Gasteiger partial charge is 0.399 e. The van der Waals surface area contributed by atoms with E-state index in [1.54, 1.807) is 19.2 Å². The lowest BCUT2D eigenvalue weighted by Crippen LogP contribution is -2.38. The van der Waals surface area contributed by atoms with Gasteiger partial charge in [0, 0.05) is 25.9 Å². The molecule has 0 bridgehead atoms. The first-order valence-corrected chi connectivity index (χ1v) is 7.03. The molecule has 0 spiro atoms. The maximum Gasteiger partial charge on any atom is 0.250 e. The highest BCUT2D eigenvalue weighted by Gasteiger charge is 2.25. The van der Waals surface area contributed by atoms with E-state index < -0.39 is 5.91 Å². The number of carbonyl (C=O) groups is 1. The van der Waals surface area contributed by atoms with Crippen LogP contribution in [0, 0.1) is 5.92 Å². The number of piperidine rings is 1. The van der Waals surface area contributed by atoms with Crippen LogP contribution in [0.4, 0.5) is 11.4 Å². The number of benzene rings is 1. The van der Waals surface area contributed by atoms with Gasteiger partial charge in [-0.15, -0.1) is 0 Å². The van der Waals surface area contributed by atoms with Crippen molar-refractivity contribution in [2.75, 3.05) is 37.4 Å². The van der Waals surface area contributed by atoms with Gasteiger partial charge >= 0.3 is 0 Å². The Kier molecular flexibility index (Phi) is 4.73. The van der Waals surface area contributed by atoms with E-state index in [1.807, 2.05) is 0 Å². The van der Waals surface area contributed by atoms with Crippen molar-refractivity contribution in [1.82, 2.24) is 0 Å². The first-order valence-electron chi connectivity index (χ1n) is 6.65. The second-order valence-corrected chi connectivity index (χ2v) is 5.58. The Morgan fingerprint density at radius 1 is 1.55 bits per heavy atom. The van der Waals surface area contributed by atoms with Gasteiger partial charge in [0.25, 0.3) is 5.91 Å². The number of carbonyl (C=O) groups excluding carboxylic acids is 1. The summed E-state index contributed by atoms with van der Waals surface area (Å²) >= 11 is 6.28. The number of hydrogen-bond donors (Lipinski definition) is 2. The zero-order chi connectivity index (χ0) is 14.7. The highest BCUT2D eigenvalue weighted by Crippen LogP contribution is 2.35. The maximum absolute atomic E-state index is 11.6. The highest BCUT2D eigenvalue weighted by molar-refractivity contribution is 6.34. The molecule has 1 heterocycles. The number of amides is 1. The van der Waals surface area contributed by atoms with Crippen LogP contribution in [0.15, 0.2) is 12.1 Å². The van der Waals surface area contributed by atoms with Crippen LogP contribution >= 0.6 is 11.6 Å². The van der Waals surface area contributed by atoms with Crippen LogP contribution in [-0.2, 0) is 4.74 Å². The molecule has 1 aromatic carbocycles. The van der Waals surface area contributed by atoms with Gasteiger partial charge in [-0.2, -0.15) is 0 Å². The van der Waals surface area contributed by atoms with Crippen molar-refractivity contribution < 1.29 is 9.53 Å². The molecule has 1 saturated heterocycles. The first kappa shape index (κ1) is 14.9. The molecule has 0 radical (unpaired) electrons. The number of hydrogen-bond acceptors (Lipinski definition) is 4. The summed E-state index contributed by atoms with van der Waals surface area (Å²) in [5.41, 5.74) is 12.7. The van der Waals surface area contributed by atoms with E-state index in [0.717, 1.165) is 25.9 Å². The Morgan fingerprint density at radius 2 is 2.30 bits per heavy atom. The van der Waals surface area contributed by atoms with Gasteiger partial charge in [0.2, 0.25) is 0 Å². The van der Waals surface area contributed by atoms with E-state index in [1.165, 1.54) is 0 Å².